The monoisotopic (exact) mass is 1830 g/mol. The van der Waals surface area contributed by atoms with Crippen molar-refractivity contribution < 1.29 is 22.6 Å². The zero-order valence-corrected chi connectivity index (χ0v) is 78.7. The number of aliphatic imine (C=N–C) groups is 5. The zero-order chi connectivity index (χ0) is 94.5. The van der Waals surface area contributed by atoms with E-state index in [0.29, 0.717) is 18.7 Å². The van der Waals surface area contributed by atoms with Crippen LogP contribution in [0.25, 0.3) is 10.8 Å². The summed E-state index contributed by atoms with van der Waals surface area (Å²) >= 11 is 6.11. The first-order valence-corrected chi connectivity index (χ1v) is 47.2. The molecule has 686 valence electrons. The van der Waals surface area contributed by atoms with Crippen molar-refractivity contribution in [2.24, 2.45) is 25.0 Å². The van der Waals surface area contributed by atoms with Gasteiger partial charge in [0.1, 0.15) is 40.7 Å². The number of ether oxygens (including phenoxy) is 2. The third kappa shape index (κ3) is 22.9. The number of methoxy groups -OCH3 is 2. The predicted molar refractivity (Wildman–Crippen MR) is 555 cm³/mol. The van der Waals surface area contributed by atoms with Crippen LogP contribution in [-0.4, -0.2) is 131 Å². The Balaban J connectivity index is 0.000000119. The quantitative estimate of drug-likeness (QED) is 0.0667. The van der Waals surface area contributed by atoms with Gasteiger partial charge >= 0.3 is 6.18 Å². The van der Waals surface area contributed by atoms with E-state index in [1.807, 2.05) is 72.8 Å². The van der Waals surface area contributed by atoms with Crippen molar-refractivity contribution in [1.29, 1.82) is 0 Å². The molecule has 12 nitrogen and oxygen atoms in total. The Labute approximate surface area is 808 Å². The highest BCUT2D eigenvalue weighted by Crippen LogP contribution is 2.42. The maximum atomic E-state index is 12.9. The summed E-state index contributed by atoms with van der Waals surface area (Å²) in [5.41, 5.74) is 16.8. The van der Waals surface area contributed by atoms with Crippen molar-refractivity contribution in [3.8, 4) is 11.5 Å². The normalized spacial score (nSPS) is 14.7. The fourth-order valence-corrected chi connectivity index (χ4v) is 19.0. The van der Waals surface area contributed by atoms with Crippen LogP contribution >= 0.6 is 11.6 Å². The van der Waals surface area contributed by atoms with Gasteiger partial charge in [-0.15, -0.1) is 0 Å². The lowest BCUT2D eigenvalue weighted by molar-refractivity contribution is -0.137. The van der Waals surface area contributed by atoms with Gasteiger partial charge in [0.2, 0.25) is 0 Å². The number of rotatable bonds is 22. The van der Waals surface area contributed by atoms with Crippen molar-refractivity contribution in [1.82, 2.24) is 24.5 Å². The van der Waals surface area contributed by atoms with Gasteiger partial charge in [-0.25, -0.2) is 0 Å². The minimum Gasteiger partial charge on any atom is -0.497 e. The molecular weight excluding hydrogens is 1720 g/mol. The summed E-state index contributed by atoms with van der Waals surface area (Å²) in [5.74, 6) is 6.64. The number of fused-ring (bicyclic) bond motifs is 1. The van der Waals surface area contributed by atoms with Gasteiger partial charge in [0.05, 0.1) is 80.7 Å². The van der Waals surface area contributed by atoms with Crippen molar-refractivity contribution >= 4 is 51.6 Å². The van der Waals surface area contributed by atoms with Gasteiger partial charge in [0.15, 0.2) is 0 Å². The van der Waals surface area contributed by atoms with Crippen LogP contribution in [0.1, 0.15) is 147 Å². The maximum Gasteiger partial charge on any atom is 0.416 e. The first-order chi connectivity index (χ1) is 66.9. The highest BCUT2D eigenvalue weighted by Gasteiger charge is 2.41. The maximum absolute atomic E-state index is 12.9. The van der Waals surface area contributed by atoms with Crippen LogP contribution in [0.5, 0.6) is 11.5 Å². The third-order valence-electron chi connectivity index (χ3n) is 25.1. The lowest BCUT2D eigenvalue weighted by Gasteiger charge is -2.33. The summed E-state index contributed by atoms with van der Waals surface area (Å²) in [5, 5.41) is 3.26. The van der Waals surface area contributed by atoms with E-state index in [9.17, 15) is 13.2 Å². The van der Waals surface area contributed by atoms with E-state index in [1.165, 1.54) is 73.0 Å². The lowest BCUT2D eigenvalue weighted by atomic mass is 9.95. The molecule has 21 rings (SSSR count). The van der Waals surface area contributed by atoms with E-state index in [2.05, 4.69) is 403 Å². The van der Waals surface area contributed by atoms with E-state index in [4.69, 9.17) is 41.0 Å². The van der Waals surface area contributed by atoms with Gasteiger partial charge in [-0.05, 0) is 185 Å². The highest BCUT2D eigenvalue weighted by molar-refractivity contribution is 6.30. The Kier molecular flexibility index (Phi) is 30.0. The molecule has 0 aromatic heterocycles. The van der Waals surface area contributed by atoms with Crippen LogP contribution in [-0.2, 0) is 6.18 Å². The molecule has 137 heavy (non-hydrogen) atoms. The van der Waals surface area contributed by atoms with Gasteiger partial charge in [-0.3, -0.25) is 25.0 Å². The van der Waals surface area contributed by atoms with Crippen molar-refractivity contribution in [2.45, 2.75) is 75.2 Å². The second-order valence-electron chi connectivity index (χ2n) is 35.7. The van der Waals surface area contributed by atoms with Gasteiger partial charge in [0, 0.05) is 65.6 Å². The first-order valence-electron chi connectivity index (χ1n) is 46.8. The molecule has 5 aliphatic heterocycles. The lowest BCUT2D eigenvalue weighted by Crippen LogP contribution is -2.36. The number of hydrogen-bond donors (Lipinski definition) is 0. The molecule has 0 saturated carbocycles. The van der Waals surface area contributed by atoms with Gasteiger partial charge < -0.3 is 34.0 Å². The zero-order valence-electron chi connectivity index (χ0n) is 78.0. The van der Waals surface area contributed by atoms with E-state index >= 15 is 0 Å². The molecule has 0 spiro atoms. The first kappa shape index (κ1) is 93.6. The van der Waals surface area contributed by atoms with Gasteiger partial charge in [0.25, 0.3) is 0 Å². The summed E-state index contributed by atoms with van der Waals surface area (Å²) in [7, 11) is 3.38. The van der Waals surface area contributed by atoms with Crippen LogP contribution in [0.15, 0.2) is 468 Å². The standard InChI is InChI=1S/C26H22N2.C25H26N2O.C24H23ClN2.C23H19F3N2.C23H22N2O/c1-3-10-21(11-4-1)25(22-12-5-2-6-13-22)28-18-17-27-26(28)24-16-15-20-9-7-8-14-23(20)19-24;1-25(2)18-27(24(26-25)21-14-16-22(28-3)17-15-21)23(19-10-6-4-7-11-19)20-12-8-5-9-13-20;1-24(2)17-27(23(26-24)20-13-15-21(25)16-14-20)22(18-9-5-3-6-10-18)19-11-7-4-8-12-19;24-23(25,26)20-13-11-19(12-14-20)22-27-15-16-28(22)21(17-7-3-1-4-8-17)18-9-5-2-6-10-18;1-26-21-14-12-20(13-15-21)23-24-16-17-25(23)22(18-8-4-2-5-9-18)19-10-6-3-7-11-19/h1-16,19,25H,17-18H2;4-17,23H,18H2,1-3H3;3-16,22H,17H2,1-2H3;1-14,21H,15-16H2;2-15,22H,16-17H2,1H3. The molecule has 0 unspecified atom stereocenters. The summed E-state index contributed by atoms with van der Waals surface area (Å²) in [6, 6.07) is 151. The Morgan fingerprint density at radius 1 is 0.263 bits per heavy atom. The number of halogens is 4. The van der Waals surface area contributed by atoms with Gasteiger partial charge in [-0.1, -0.05) is 363 Å². The SMILES string of the molecule is CC1(C)CN(C(c2ccccc2)c2ccccc2)C(c2ccc(Cl)cc2)=N1.COc1ccc(C2=NC(C)(C)CN2C(c2ccccc2)c2ccccc2)cc1.COc1ccc(C2=NCCN2C(c2ccccc2)c2ccccc2)cc1.FC(F)(F)c1ccc(C2=NCCN2C(c2ccccc2)c2ccccc2)cc1.c1ccc(C(c2ccccc2)N2CCN=C2c2ccc3ccccc3c2)cc1. The molecule has 16 heteroatoms. The van der Waals surface area contributed by atoms with Crippen LogP contribution in [0.2, 0.25) is 5.02 Å². The topological polar surface area (TPSA) is 96.5 Å². The molecule has 16 aromatic carbocycles. The van der Waals surface area contributed by atoms with Crippen LogP contribution < -0.4 is 9.47 Å². The molecule has 16 aromatic rings. The second-order valence-corrected chi connectivity index (χ2v) is 36.1. The largest absolute Gasteiger partial charge is 0.497 e. The molecule has 0 atom stereocenters. The van der Waals surface area contributed by atoms with E-state index in [-0.39, 0.29) is 41.3 Å². The smallest absolute Gasteiger partial charge is 0.416 e. The Bertz CT molecular complexity index is 6540. The molecular formula is C121H112ClF3N10O2. The molecule has 0 N–H and O–H groups in total. The van der Waals surface area contributed by atoms with Crippen molar-refractivity contribution in [2.75, 3.05) is 66.6 Å². The summed E-state index contributed by atoms with van der Waals surface area (Å²) in [6.45, 7) is 15.3. The summed E-state index contributed by atoms with van der Waals surface area (Å²) in [4.78, 5) is 36.4. The number of nitrogens with zero attached hydrogens (tertiary/aromatic N) is 10. The Hall–Kier alpha value is -15.2. The van der Waals surface area contributed by atoms with Crippen LogP contribution in [0.4, 0.5) is 13.2 Å². The molecule has 0 fully saturated rings. The molecule has 5 heterocycles. The highest BCUT2D eigenvalue weighted by atomic mass is 35.5. The van der Waals surface area contributed by atoms with E-state index in [1.54, 1.807) is 14.2 Å². The molecule has 0 bridgehead atoms. The van der Waals surface area contributed by atoms with E-state index in [0.717, 1.165) is 125 Å². The minimum absolute atomic E-state index is 0.0501. The van der Waals surface area contributed by atoms with Gasteiger partial charge in [-0.2, -0.15) is 13.2 Å². The fraction of sp³-hybridized carbons (Fsp3) is 0.182. The third-order valence-corrected chi connectivity index (χ3v) is 25.3. The molecule has 0 saturated heterocycles. The van der Waals surface area contributed by atoms with Crippen molar-refractivity contribution in [3.63, 3.8) is 0 Å². The molecule has 0 radical (unpaired) electrons. The average Bonchev–Trinajstić information content (AvgIpc) is 1.64. The number of alkyl halides is 3. The number of benzene rings is 16. The Morgan fingerprint density at radius 3 is 0.759 bits per heavy atom. The number of hydrogen-bond acceptors (Lipinski definition) is 12. The van der Waals surface area contributed by atoms with Crippen LogP contribution in [0.3, 0.4) is 0 Å². The van der Waals surface area contributed by atoms with Crippen LogP contribution in [0, 0.1) is 0 Å². The molecule has 0 amide bonds. The summed E-state index contributed by atoms with van der Waals surface area (Å²) in [6.07, 6.45) is -4.34. The van der Waals surface area contributed by atoms with Crippen molar-refractivity contribution in [3.05, 3.63) is 537 Å². The number of amidine groups is 5. The molecule has 0 aliphatic carbocycles. The fourth-order valence-electron chi connectivity index (χ4n) is 18.9. The minimum atomic E-state index is -4.34. The second kappa shape index (κ2) is 43.9. The van der Waals surface area contributed by atoms with E-state index < -0.39 is 11.7 Å². The Morgan fingerprint density at radius 2 is 0.489 bits per heavy atom. The predicted octanol–water partition coefficient (Wildman–Crippen LogP) is 27.1. The average molecular weight is 1830 g/mol. The molecule has 5 aliphatic rings. The summed E-state index contributed by atoms with van der Waals surface area (Å²) < 4.78 is 49.3.